The Balaban J connectivity index is 1.13. The second-order valence-electron chi connectivity index (χ2n) is 11.8. The molecular weight excluding hydrogens is 614 g/mol. The largest absolute Gasteiger partial charge is 0.493 e. The van der Waals surface area contributed by atoms with Crippen LogP contribution in [-0.4, -0.2) is 120 Å². The number of piperazine rings is 1. The van der Waals surface area contributed by atoms with E-state index in [9.17, 15) is 23.9 Å². The van der Waals surface area contributed by atoms with E-state index in [0.717, 1.165) is 50.0 Å². The third-order valence-corrected chi connectivity index (χ3v) is 8.63. The Hall–Kier alpha value is -4.65. The Morgan fingerprint density at radius 3 is 2.60 bits per heavy atom. The Kier molecular flexibility index (Phi) is 9.35. The lowest BCUT2D eigenvalue weighted by atomic mass is 10.0. The summed E-state index contributed by atoms with van der Waals surface area (Å²) in [5.74, 6) is -2.94. The van der Waals surface area contributed by atoms with Crippen LogP contribution in [0.25, 0.3) is 11.3 Å². The summed E-state index contributed by atoms with van der Waals surface area (Å²) in [4.78, 5) is 31.1. The fourth-order valence-electron chi connectivity index (χ4n) is 5.87. The summed E-state index contributed by atoms with van der Waals surface area (Å²) >= 11 is 0. The number of piperidine rings is 1. The molecule has 2 atom stereocenters. The van der Waals surface area contributed by atoms with Gasteiger partial charge in [0.2, 0.25) is 5.95 Å². The van der Waals surface area contributed by atoms with Crippen LogP contribution in [0.2, 0.25) is 0 Å². The van der Waals surface area contributed by atoms with Crippen LogP contribution in [0.1, 0.15) is 18.9 Å². The molecule has 3 saturated heterocycles. The standard InChI is InChI=1S/C32H36F2N8O5/c1-20(43)30(44)42-8-6-28(32(33,34)19-42)47-26-4-3-21(13-22(26)15-35)25-5-7-36-31(38-25)39-29-27(45-2)14-23(16-37-29)40-9-11-41(12-10-40)24-17-46-18-24/h3-5,7,13-14,16,20,24,28,43H,6,8-12,17-19H2,1-2H3,(H,36,37,38,39). The van der Waals surface area contributed by atoms with Crippen molar-refractivity contribution in [1.82, 2.24) is 24.8 Å². The predicted octanol–water partition coefficient (Wildman–Crippen LogP) is 2.68. The molecule has 3 fully saturated rings. The Morgan fingerprint density at radius 1 is 1.15 bits per heavy atom. The van der Waals surface area contributed by atoms with Gasteiger partial charge in [0.05, 0.1) is 56.1 Å². The number of ether oxygens (including phenoxy) is 3. The lowest BCUT2D eigenvalue weighted by Gasteiger charge is -2.43. The summed E-state index contributed by atoms with van der Waals surface area (Å²) in [6.45, 7) is 5.62. The molecule has 3 aliphatic heterocycles. The lowest BCUT2D eigenvalue weighted by Crippen LogP contribution is -2.56. The van der Waals surface area contributed by atoms with Crippen molar-refractivity contribution in [3.05, 3.63) is 48.3 Å². The van der Waals surface area contributed by atoms with E-state index >= 15 is 0 Å². The number of aromatic nitrogens is 3. The number of aliphatic hydroxyl groups excluding tert-OH is 1. The Morgan fingerprint density at radius 2 is 1.94 bits per heavy atom. The van der Waals surface area contributed by atoms with E-state index in [0.29, 0.717) is 28.9 Å². The van der Waals surface area contributed by atoms with E-state index in [4.69, 9.17) is 14.2 Å². The first-order chi connectivity index (χ1) is 22.6. The average molecular weight is 651 g/mol. The smallest absolute Gasteiger partial charge is 0.301 e. The molecule has 0 spiro atoms. The second-order valence-corrected chi connectivity index (χ2v) is 11.8. The number of halogens is 2. The van der Waals surface area contributed by atoms with E-state index in [1.54, 1.807) is 31.6 Å². The molecule has 248 valence electrons. The number of nitrogens with zero attached hydrogens (tertiary/aromatic N) is 7. The van der Waals surface area contributed by atoms with Crippen molar-refractivity contribution in [2.75, 3.05) is 69.8 Å². The third-order valence-electron chi connectivity index (χ3n) is 8.63. The van der Waals surface area contributed by atoms with Gasteiger partial charge in [-0.2, -0.15) is 5.26 Å². The molecule has 0 saturated carbocycles. The maximum absolute atomic E-state index is 14.9. The first-order valence-corrected chi connectivity index (χ1v) is 15.4. The summed E-state index contributed by atoms with van der Waals surface area (Å²) < 4.78 is 46.4. The monoisotopic (exact) mass is 650 g/mol. The van der Waals surface area contributed by atoms with Crippen LogP contribution >= 0.6 is 0 Å². The molecule has 6 rings (SSSR count). The van der Waals surface area contributed by atoms with E-state index in [-0.39, 0.29) is 30.2 Å². The van der Waals surface area contributed by atoms with Gasteiger partial charge in [-0.05, 0) is 31.2 Å². The zero-order valence-electron chi connectivity index (χ0n) is 26.1. The van der Waals surface area contributed by atoms with E-state index in [2.05, 4.69) is 30.1 Å². The van der Waals surface area contributed by atoms with Gasteiger partial charge in [0.1, 0.15) is 17.9 Å². The number of methoxy groups -OCH3 is 1. The van der Waals surface area contributed by atoms with Gasteiger partial charge in [0.15, 0.2) is 17.7 Å². The number of nitriles is 1. The van der Waals surface area contributed by atoms with Gasteiger partial charge >= 0.3 is 5.92 Å². The summed E-state index contributed by atoms with van der Waals surface area (Å²) in [7, 11) is 1.57. The molecule has 13 nitrogen and oxygen atoms in total. The highest BCUT2D eigenvalue weighted by Crippen LogP contribution is 2.35. The number of hydrogen-bond donors (Lipinski definition) is 2. The van der Waals surface area contributed by atoms with Crippen LogP contribution in [0.15, 0.2) is 42.7 Å². The predicted molar refractivity (Wildman–Crippen MR) is 167 cm³/mol. The van der Waals surface area contributed by atoms with Gasteiger partial charge in [-0.25, -0.2) is 23.7 Å². The molecule has 5 heterocycles. The second kappa shape index (κ2) is 13.6. The maximum Gasteiger partial charge on any atom is 0.301 e. The number of rotatable bonds is 9. The number of anilines is 3. The number of pyridine rings is 1. The topological polar surface area (TPSA) is 149 Å². The maximum atomic E-state index is 14.9. The van der Waals surface area contributed by atoms with Gasteiger partial charge in [0.25, 0.3) is 5.91 Å². The quantitative estimate of drug-likeness (QED) is 0.351. The number of likely N-dealkylation sites (tertiary alicyclic amines) is 1. The number of nitrogens with one attached hydrogen (secondary N) is 1. The zero-order valence-corrected chi connectivity index (χ0v) is 26.1. The third kappa shape index (κ3) is 7.04. The molecule has 15 heteroatoms. The minimum Gasteiger partial charge on any atom is -0.493 e. The van der Waals surface area contributed by atoms with Gasteiger partial charge in [-0.1, -0.05) is 0 Å². The van der Waals surface area contributed by atoms with Crippen LogP contribution in [0.3, 0.4) is 0 Å². The van der Waals surface area contributed by atoms with Gasteiger partial charge in [-0.15, -0.1) is 0 Å². The summed E-state index contributed by atoms with van der Waals surface area (Å²) in [6, 6.07) is 10.7. The van der Waals surface area contributed by atoms with Crippen molar-refractivity contribution in [2.45, 2.75) is 37.5 Å². The van der Waals surface area contributed by atoms with Gasteiger partial charge < -0.3 is 34.4 Å². The molecule has 2 aromatic heterocycles. The first-order valence-electron chi connectivity index (χ1n) is 15.4. The minimum absolute atomic E-state index is 0.00336. The van der Waals surface area contributed by atoms with E-state index in [1.165, 1.54) is 19.1 Å². The summed E-state index contributed by atoms with van der Waals surface area (Å²) in [5.41, 5.74) is 2.03. The van der Waals surface area contributed by atoms with E-state index < -0.39 is 30.6 Å². The molecule has 2 unspecified atom stereocenters. The summed E-state index contributed by atoms with van der Waals surface area (Å²) in [5, 5.41) is 22.4. The molecule has 0 radical (unpaired) electrons. The Labute approximate surface area is 270 Å². The van der Waals surface area contributed by atoms with Crippen LogP contribution in [0.4, 0.5) is 26.2 Å². The highest BCUT2D eigenvalue weighted by atomic mass is 19.3. The van der Waals surface area contributed by atoms with Gasteiger partial charge in [0, 0.05) is 57.0 Å². The summed E-state index contributed by atoms with van der Waals surface area (Å²) in [6.07, 6.45) is 0.255. The normalized spacial score (nSPS) is 20.6. The minimum atomic E-state index is -3.38. The van der Waals surface area contributed by atoms with Crippen LogP contribution < -0.4 is 19.7 Å². The number of hydrogen-bond acceptors (Lipinski definition) is 12. The van der Waals surface area contributed by atoms with Crippen molar-refractivity contribution in [3.63, 3.8) is 0 Å². The number of aliphatic hydroxyl groups is 1. The van der Waals surface area contributed by atoms with Crippen molar-refractivity contribution in [3.8, 4) is 28.8 Å². The molecular formula is C32H36F2N8O5. The molecule has 0 aliphatic carbocycles. The number of alkyl halides is 2. The SMILES string of the molecule is COc1cc(N2CCN(C3COC3)CC2)cnc1Nc1nccc(-c2ccc(OC3CCN(C(=O)C(C)O)CC3(F)F)c(C#N)c2)n1. The number of benzene rings is 1. The highest BCUT2D eigenvalue weighted by molar-refractivity contribution is 5.80. The van der Waals surface area contributed by atoms with Gasteiger partial charge in [-0.3, -0.25) is 9.69 Å². The van der Waals surface area contributed by atoms with Crippen LogP contribution in [0, 0.1) is 11.3 Å². The first kappa shape index (κ1) is 32.3. The van der Waals surface area contributed by atoms with Crippen molar-refractivity contribution in [1.29, 1.82) is 5.26 Å². The van der Waals surface area contributed by atoms with Crippen molar-refractivity contribution < 1.29 is 32.9 Å². The number of carbonyl (C=O) groups is 1. The van der Waals surface area contributed by atoms with Crippen molar-refractivity contribution >= 4 is 23.4 Å². The van der Waals surface area contributed by atoms with Crippen LogP contribution in [-0.2, 0) is 9.53 Å². The molecule has 1 aromatic carbocycles. The lowest BCUT2D eigenvalue weighted by molar-refractivity contribution is -0.165. The van der Waals surface area contributed by atoms with E-state index in [1.807, 2.05) is 12.1 Å². The average Bonchev–Trinajstić information content (AvgIpc) is 3.05. The number of carbonyl (C=O) groups excluding carboxylic acids is 1. The highest BCUT2D eigenvalue weighted by Gasteiger charge is 2.48. The van der Waals surface area contributed by atoms with Crippen molar-refractivity contribution in [2.24, 2.45) is 0 Å². The number of amides is 1. The fourth-order valence-corrected chi connectivity index (χ4v) is 5.87. The molecule has 1 amide bonds. The Bertz CT molecular complexity index is 1640. The fraction of sp³-hybridized carbons (Fsp3) is 0.469. The van der Waals surface area contributed by atoms with Crippen LogP contribution in [0.5, 0.6) is 11.5 Å². The molecule has 2 N–H and O–H groups in total. The molecule has 47 heavy (non-hydrogen) atoms. The molecule has 3 aliphatic rings. The molecule has 3 aromatic rings. The zero-order chi connectivity index (χ0) is 33.1. The molecule has 0 bridgehead atoms.